The van der Waals surface area contributed by atoms with E-state index in [1.165, 1.54) is 13.0 Å². The van der Waals surface area contributed by atoms with E-state index in [1.807, 2.05) is 41.0 Å². The first kappa shape index (κ1) is 49.0. The van der Waals surface area contributed by atoms with Crippen molar-refractivity contribution in [1.82, 2.24) is 19.8 Å². The summed E-state index contributed by atoms with van der Waals surface area (Å²) in [6.07, 6.45) is -6.07. The predicted octanol–water partition coefficient (Wildman–Crippen LogP) is 9.45. The van der Waals surface area contributed by atoms with Gasteiger partial charge in [-0.15, -0.1) is 0 Å². The van der Waals surface area contributed by atoms with Gasteiger partial charge in [-0.05, 0) is 113 Å². The van der Waals surface area contributed by atoms with Gasteiger partial charge >= 0.3 is 18.3 Å². The van der Waals surface area contributed by atoms with E-state index in [0.29, 0.717) is 35.1 Å². The maximum atomic E-state index is 17.9. The molecule has 2 saturated heterocycles. The molecule has 360 valence electrons. The number of rotatable bonds is 13. The minimum Gasteiger partial charge on any atom is -0.497 e. The Bertz CT molecular complexity index is 2380. The number of aryl methyl sites for hydroxylation is 1. The second-order valence-corrected chi connectivity index (χ2v) is 19.0. The molecule has 7 rings (SSSR count). The molecule has 3 aliphatic rings. The summed E-state index contributed by atoms with van der Waals surface area (Å²) in [5.74, 6) is -0.743. The number of carbonyl (C=O) groups is 1. The number of halogens is 5. The van der Waals surface area contributed by atoms with Crippen molar-refractivity contribution in [1.29, 1.82) is 0 Å². The van der Waals surface area contributed by atoms with Crippen LogP contribution in [0.3, 0.4) is 0 Å². The van der Waals surface area contributed by atoms with E-state index in [0.717, 1.165) is 11.1 Å². The average molecular weight is 934 g/mol. The van der Waals surface area contributed by atoms with Gasteiger partial charge in [-0.1, -0.05) is 31.2 Å². The fraction of sp³-hybridized carbons (Fsp3) is 0.520. The number of hydrogen-bond donors (Lipinski definition) is 0. The largest absolute Gasteiger partial charge is 0.497 e. The number of alkyl halides is 4. The van der Waals surface area contributed by atoms with E-state index in [-0.39, 0.29) is 88.4 Å². The summed E-state index contributed by atoms with van der Waals surface area (Å²) in [7, 11) is 4.91. The Kier molecular flexibility index (Phi) is 14.7. The standard InChI is InChI=1S/C50H60F5N7O5/c1-30-20-40-41(57-47(66-29-35-22-34(51)27-59(35)7)58-46(40)60-18-19-62(36(28-60)24-56-6)48(63)67-49(3,4)5)23-39(30)43-44(50(53,54)55)31(2)21-42(45(43)52)61(25-32-10-14-37(64-8)15-11-32)26-33-12-16-38(65-9)17-13-33/h10-17,21,30,34-36,39H,18-20,22-29H2,1-5,7-9H3/t30?,34-,35+,36?,39?/m1/s1. The molecule has 3 heterocycles. The van der Waals surface area contributed by atoms with E-state index < -0.39 is 58.9 Å². The van der Waals surface area contributed by atoms with Crippen molar-refractivity contribution in [2.24, 2.45) is 5.92 Å². The minimum atomic E-state index is -4.89. The number of amides is 1. The molecule has 12 nitrogen and oxygen atoms in total. The van der Waals surface area contributed by atoms with Gasteiger partial charge in [0.2, 0.25) is 6.54 Å². The summed E-state index contributed by atoms with van der Waals surface area (Å²) in [4.78, 5) is 33.8. The second-order valence-electron chi connectivity index (χ2n) is 19.0. The number of anilines is 2. The third-order valence-corrected chi connectivity index (χ3v) is 13.0. The van der Waals surface area contributed by atoms with Gasteiger partial charge in [-0.3, -0.25) is 9.80 Å². The van der Waals surface area contributed by atoms with Gasteiger partial charge < -0.3 is 33.6 Å². The Hall–Kier alpha value is -5.89. The van der Waals surface area contributed by atoms with Crippen LogP contribution in [0.25, 0.3) is 4.85 Å². The van der Waals surface area contributed by atoms with Crippen LogP contribution in [0.4, 0.5) is 38.3 Å². The van der Waals surface area contributed by atoms with Crippen molar-refractivity contribution in [3.8, 4) is 17.5 Å². The Morgan fingerprint density at radius 1 is 0.925 bits per heavy atom. The summed E-state index contributed by atoms with van der Waals surface area (Å²) in [6.45, 7) is 17.6. The zero-order valence-corrected chi connectivity index (χ0v) is 39.4. The van der Waals surface area contributed by atoms with Crippen molar-refractivity contribution >= 4 is 17.6 Å². The fourth-order valence-corrected chi connectivity index (χ4v) is 9.59. The molecule has 67 heavy (non-hydrogen) atoms. The number of piperazine rings is 1. The van der Waals surface area contributed by atoms with Crippen LogP contribution in [0.1, 0.15) is 79.1 Å². The Morgan fingerprint density at radius 3 is 2.09 bits per heavy atom. The smallest absolute Gasteiger partial charge is 0.417 e. The maximum Gasteiger partial charge on any atom is 0.417 e. The quantitative estimate of drug-likeness (QED) is 0.0954. The van der Waals surface area contributed by atoms with E-state index in [9.17, 15) is 9.18 Å². The first-order chi connectivity index (χ1) is 31.8. The van der Waals surface area contributed by atoms with Crippen LogP contribution < -0.4 is 24.0 Å². The summed E-state index contributed by atoms with van der Waals surface area (Å²) < 4.78 is 101. The number of methoxy groups -OCH3 is 2. The molecular weight excluding hydrogens is 874 g/mol. The molecule has 0 bridgehead atoms. The number of likely N-dealkylation sites (tertiary alicyclic amines) is 1. The first-order valence-corrected chi connectivity index (χ1v) is 22.6. The van der Waals surface area contributed by atoms with E-state index in [1.54, 1.807) is 76.1 Å². The molecule has 1 aliphatic carbocycles. The summed E-state index contributed by atoms with van der Waals surface area (Å²) >= 11 is 0. The molecule has 5 atom stereocenters. The van der Waals surface area contributed by atoms with Crippen LogP contribution in [0.15, 0.2) is 54.6 Å². The Morgan fingerprint density at radius 2 is 1.55 bits per heavy atom. The van der Waals surface area contributed by atoms with Crippen molar-refractivity contribution in [3.63, 3.8) is 0 Å². The Labute approximate surface area is 389 Å². The summed E-state index contributed by atoms with van der Waals surface area (Å²) in [5.41, 5.74) is 0.381. The van der Waals surface area contributed by atoms with E-state index in [4.69, 9.17) is 35.5 Å². The van der Waals surface area contributed by atoms with Crippen LogP contribution in [-0.4, -0.2) is 110 Å². The number of likely N-dealkylation sites (N-methyl/N-ethyl adjacent to an activating group) is 1. The number of fused-ring (bicyclic) bond motifs is 1. The number of benzene rings is 3. The van der Waals surface area contributed by atoms with E-state index in [2.05, 4.69) is 4.85 Å². The molecule has 3 unspecified atom stereocenters. The lowest BCUT2D eigenvalue weighted by Crippen LogP contribution is -2.57. The molecule has 0 radical (unpaired) electrons. The van der Waals surface area contributed by atoms with Crippen LogP contribution >= 0.6 is 0 Å². The van der Waals surface area contributed by atoms with Crippen molar-refractivity contribution in [2.45, 2.75) is 103 Å². The van der Waals surface area contributed by atoms with Gasteiger partial charge in [-0.2, -0.15) is 23.1 Å². The van der Waals surface area contributed by atoms with Gasteiger partial charge in [0.15, 0.2) is 5.82 Å². The zero-order valence-electron chi connectivity index (χ0n) is 39.4. The van der Waals surface area contributed by atoms with Crippen LogP contribution in [0, 0.1) is 25.2 Å². The predicted molar refractivity (Wildman–Crippen MR) is 245 cm³/mol. The molecule has 2 aliphatic heterocycles. The molecule has 4 aromatic rings. The summed E-state index contributed by atoms with van der Waals surface area (Å²) in [5, 5.41) is 0. The zero-order chi connectivity index (χ0) is 48.4. The molecule has 17 heteroatoms. The molecule has 1 amide bonds. The first-order valence-electron chi connectivity index (χ1n) is 22.6. The topological polar surface area (TPSA) is 97.1 Å². The highest BCUT2D eigenvalue weighted by atomic mass is 19.4. The van der Waals surface area contributed by atoms with Gasteiger partial charge in [-0.25, -0.2) is 20.1 Å². The lowest BCUT2D eigenvalue weighted by molar-refractivity contribution is -0.139. The monoisotopic (exact) mass is 933 g/mol. The normalized spacial score (nSPS) is 21.1. The second kappa shape index (κ2) is 20.1. The highest BCUT2D eigenvalue weighted by Crippen LogP contribution is 2.48. The number of hydrogen-bond acceptors (Lipinski definition) is 10. The van der Waals surface area contributed by atoms with Gasteiger partial charge in [0.1, 0.15) is 41.7 Å². The SMILES string of the molecule is [C-]#[N+]CC1CN(c2nc(OC[C@@H]3C[C@@H](F)CN3C)nc3c2CC(C)C(c2c(F)c(N(Cc4ccc(OC)cc4)Cc4ccc(OC)cc4)cc(C)c2C(F)(F)F)C3)CCN1C(=O)OC(C)(C)C. The van der Waals surface area contributed by atoms with Gasteiger partial charge in [0.05, 0.1) is 31.2 Å². The Balaban J connectivity index is 1.31. The highest BCUT2D eigenvalue weighted by molar-refractivity contribution is 5.69. The number of aromatic nitrogens is 2. The molecule has 3 aromatic carbocycles. The van der Waals surface area contributed by atoms with Crippen LogP contribution in [-0.2, 0) is 36.8 Å². The van der Waals surface area contributed by atoms with Crippen molar-refractivity contribution in [2.75, 3.05) is 70.4 Å². The fourth-order valence-electron chi connectivity index (χ4n) is 9.59. The molecule has 0 N–H and O–H groups in total. The third kappa shape index (κ3) is 11.3. The van der Waals surface area contributed by atoms with Crippen LogP contribution in [0.2, 0.25) is 0 Å². The summed E-state index contributed by atoms with van der Waals surface area (Å²) in [6, 6.07) is 14.9. The molecule has 0 spiro atoms. The molecular formula is C50H60F5N7O5. The highest BCUT2D eigenvalue weighted by Gasteiger charge is 2.44. The lowest BCUT2D eigenvalue weighted by Gasteiger charge is -2.42. The average Bonchev–Trinajstić information content (AvgIpc) is 3.60. The third-order valence-electron chi connectivity index (χ3n) is 13.0. The van der Waals surface area contributed by atoms with Crippen LogP contribution in [0.5, 0.6) is 17.5 Å². The van der Waals surface area contributed by atoms with Crippen molar-refractivity contribution < 1.29 is 45.7 Å². The molecule has 2 fully saturated rings. The van der Waals surface area contributed by atoms with E-state index >= 15 is 17.6 Å². The lowest BCUT2D eigenvalue weighted by atomic mass is 9.73. The maximum absolute atomic E-state index is 17.9. The van der Waals surface area contributed by atoms with Crippen molar-refractivity contribution in [3.05, 3.63) is 111 Å². The number of carbonyl (C=O) groups excluding carboxylic acids is 1. The number of ether oxygens (including phenoxy) is 4. The molecule has 0 saturated carbocycles. The van der Waals surface area contributed by atoms with Gasteiger partial charge in [0, 0.05) is 56.4 Å². The van der Waals surface area contributed by atoms with Gasteiger partial charge in [0.25, 0.3) is 0 Å². The number of nitrogens with zero attached hydrogens (tertiary/aromatic N) is 7. The molecule has 1 aromatic heterocycles. The minimum absolute atomic E-state index is 0.00754.